The van der Waals surface area contributed by atoms with Gasteiger partial charge in [-0.05, 0) is 63.0 Å². The molecule has 1 fully saturated rings. The summed E-state index contributed by atoms with van der Waals surface area (Å²) in [7, 11) is 0. The van der Waals surface area contributed by atoms with E-state index < -0.39 is 0 Å². The van der Waals surface area contributed by atoms with Crippen LogP contribution in [0.5, 0.6) is 11.5 Å². The molecule has 1 atom stereocenters. The number of hydrogen-bond donors (Lipinski definition) is 1. The van der Waals surface area contributed by atoms with Crippen LogP contribution in [0.2, 0.25) is 0 Å². The Morgan fingerprint density at radius 3 is 2.68 bits per heavy atom. The molecule has 7 heteroatoms. The van der Waals surface area contributed by atoms with Crippen LogP contribution >= 0.6 is 0 Å². The molecule has 0 unspecified atom stereocenters. The van der Waals surface area contributed by atoms with Gasteiger partial charge < -0.3 is 19.7 Å². The number of hydrogen-bond acceptors (Lipinski definition) is 5. The molecule has 0 bridgehead atoms. The van der Waals surface area contributed by atoms with Crippen molar-refractivity contribution in [3.05, 3.63) is 48.0 Å². The normalized spacial score (nSPS) is 20.5. The molecular weight excluding hydrogens is 394 g/mol. The number of fused-ring (bicyclic) bond motifs is 2. The molecule has 7 nitrogen and oxygen atoms in total. The second-order valence-electron chi connectivity index (χ2n) is 8.55. The molecule has 162 valence electrons. The van der Waals surface area contributed by atoms with Crippen molar-refractivity contribution in [3.63, 3.8) is 0 Å². The van der Waals surface area contributed by atoms with Crippen LogP contribution in [0, 0.1) is 5.92 Å². The van der Waals surface area contributed by atoms with Gasteiger partial charge in [-0.25, -0.2) is 0 Å². The Hall–Kier alpha value is -3.06. The van der Waals surface area contributed by atoms with Gasteiger partial charge in [0.05, 0.1) is 6.54 Å². The lowest BCUT2D eigenvalue weighted by Gasteiger charge is -2.32. The van der Waals surface area contributed by atoms with Crippen LogP contribution in [0.3, 0.4) is 0 Å². The number of ether oxygens (including phenoxy) is 2. The molecule has 0 radical (unpaired) electrons. The Bertz CT molecular complexity index is 1000. The summed E-state index contributed by atoms with van der Waals surface area (Å²) in [6, 6.07) is 13.8. The monoisotopic (exact) mass is 421 g/mol. The number of likely N-dealkylation sites (tertiary alicyclic amines) is 1. The minimum absolute atomic E-state index is 0.0203. The molecule has 2 aromatic rings. The van der Waals surface area contributed by atoms with Gasteiger partial charge in [-0.3, -0.25) is 14.5 Å². The second kappa shape index (κ2) is 8.23. The fourth-order valence-corrected chi connectivity index (χ4v) is 4.78. The van der Waals surface area contributed by atoms with Crippen LogP contribution in [0.1, 0.15) is 25.3 Å². The van der Waals surface area contributed by atoms with Crippen LogP contribution in [0.25, 0.3) is 0 Å². The third-order valence-corrected chi connectivity index (χ3v) is 6.43. The first-order chi connectivity index (χ1) is 15.1. The Morgan fingerprint density at radius 1 is 1.06 bits per heavy atom. The maximum absolute atomic E-state index is 13.0. The fourth-order valence-electron chi connectivity index (χ4n) is 4.78. The third kappa shape index (κ3) is 3.97. The molecule has 3 aliphatic heterocycles. The summed E-state index contributed by atoms with van der Waals surface area (Å²) in [6.45, 7) is 4.20. The number of carbonyl (C=O) groups is 2. The van der Waals surface area contributed by atoms with Crippen molar-refractivity contribution in [2.45, 2.75) is 32.2 Å². The molecule has 5 rings (SSSR count). The molecule has 0 aromatic heterocycles. The minimum atomic E-state index is -0.0526. The molecular formula is C24H27N3O4. The number of amides is 2. The van der Waals surface area contributed by atoms with Gasteiger partial charge in [0.2, 0.25) is 18.6 Å². The van der Waals surface area contributed by atoms with Gasteiger partial charge in [-0.2, -0.15) is 0 Å². The van der Waals surface area contributed by atoms with Crippen LogP contribution in [0.4, 0.5) is 11.4 Å². The van der Waals surface area contributed by atoms with E-state index in [0.29, 0.717) is 23.7 Å². The van der Waals surface area contributed by atoms with Crippen molar-refractivity contribution < 1.29 is 19.1 Å². The summed E-state index contributed by atoms with van der Waals surface area (Å²) < 4.78 is 10.7. The molecule has 1 N–H and O–H groups in total. The fraction of sp³-hybridized carbons (Fsp3) is 0.417. The number of rotatable bonds is 4. The molecule has 0 saturated carbocycles. The molecule has 3 heterocycles. The SMILES string of the molecule is C[C@H]1Cc2ccccc2N1C(=O)CN1CCC(C(=O)Nc2ccc3c(c2)OCO3)CC1. The molecule has 0 aliphatic carbocycles. The highest BCUT2D eigenvalue weighted by Gasteiger charge is 2.33. The van der Waals surface area contributed by atoms with Crippen molar-refractivity contribution in [2.75, 3.05) is 36.6 Å². The Balaban J connectivity index is 1.14. The van der Waals surface area contributed by atoms with Gasteiger partial charge in [-0.15, -0.1) is 0 Å². The smallest absolute Gasteiger partial charge is 0.241 e. The van der Waals surface area contributed by atoms with E-state index in [1.54, 1.807) is 6.07 Å². The number of carbonyl (C=O) groups excluding carboxylic acids is 2. The maximum Gasteiger partial charge on any atom is 0.241 e. The van der Waals surface area contributed by atoms with Crippen molar-refractivity contribution in [1.29, 1.82) is 0 Å². The summed E-state index contributed by atoms with van der Waals surface area (Å²) in [5.74, 6) is 1.46. The molecule has 1 saturated heterocycles. The first-order valence-electron chi connectivity index (χ1n) is 10.9. The standard InChI is InChI=1S/C24H27N3O4/c1-16-12-18-4-2-3-5-20(18)27(16)23(28)14-26-10-8-17(9-11-26)24(29)25-19-6-7-21-22(13-19)31-15-30-21/h2-7,13,16-17H,8-12,14-15H2,1H3,(H,25,29)/t16-/m0/s1. The zero-order chi connectivity index (χ0) is 21.4. The number of piperidine rings is 1. The number of nitrogens with one attached hydrogen (secondary N) is 1. The van der Waals surface area contributed by atoms with Crippen LogP contribution in [0.15, 0.2) is 42.5 Å². The van der Waals surface area contributed by atoms with Crippen LogP contribution < -0.4 is 19.7 Å². The molecule has 31 heavy (non-hydrogen) atoms. The minimum Gasteiger partial charge on any atom is -0.454 e. The number of anilines is 2. The van der Waals surface area contributed by atoms with E-state index in [1.807, 2.05) is 35.2 Å². The van der Waals surface area contributed by atoms with Crippen molar-refractivity contribution in [2.24, 2.45) is 5.92 Å². The maximum atomic E-state index is 13.0. The predicted octanol–water partition coefficient (Wildman–Crippen LogP) is 3.04. The Labute approximate surface area is 181 Å². The number of para-hydroxylation sites is 1. The van der Waals surface area contributed by atoms with Crippen LogP contribution in [-0.2, 0) is 16.0 Å². The average molecular weight is 421 g/mol. The number of benzene rings is 2. The van der Waals surface area contributed by atoms with Gasteiger partial charge in [0.15, 0.2) is 11.5 Å². The van der Waals surface area contributed by atoms with E-state index in [0.717, 1.165) is 38.0 Å². The van der Waals surface area contributed by atoms with Crippen molar-refractivity contribution in [3.8, 4) is 11.5 Å². The third-order valence-electron chi connectivity index (χ3n) is 6.43. The van der Waals surface area contributed by atoms with Gasteiger partial charge >= 0.3 is 0 Å². The van der Waals surface area contributed by atoms with Gasteiger partial charge in [-0.1, -0.05) is 18.2 Å². The van der Waals surface area contributed by atoms with Gasteiger partial charge in [0.25, 0.3) is 0 Å². The number of nitrogens with zero attached hydrogens (tertiary/aromatic N) is 2. The van der Waals surface area contributed by atoms with E-state index in [4.69, 9.17) is 9.47 Å². The van der Waals surface area contributed by atoms with Crippen molar-refractivity contribution in [1.82, 2.24) is 4.90 Å². The zero-order valence-corrected chi connectivity index (χ0v) is 17.7. The lowest BCUT2D eigenvalue weighted by atomic mass is 9.95. The quantitative estimate of drug-likeness (QED) is 0.822. The average Bonchev–Trinajstić information content (AvgIpc) is 3.37. The highest BCUT2D eigenvalue weighted by atomic mass is 16.7. The first kappa shape index (κ1) is 19.9. The summed E-state index contributed by atoms with van der Waals surface area (Å²) in [5, 5.41) is 2.99. The Morgan fingerprint density at radius 2 is 1.84 bits per heavy atom. The highest BCUT2D eigenvalue weighted by Crippen LogP contribution is 2.35. The van der Waals surface area contributed by atoms with Crippen molar-refractivity contribution >= 4 is 23.2 Å². The van der Waals surface area contributed by atoms with Crippen LogP contribution in [-0.4, -0.2) is 49.2 Å². The van der Waals surface area contributed by atoms with Gasteiger partial charge in [0.1, 0.15) is 0 Å². The molecule has 0 spiro atoms. The van der Waals surface area contributed by atoms with E-state index in [9.17, 15) is 9.59 Å². The second-order valence-corrected chi connectivity index (χ2v) is 8.55. The lowest BCUT2D eigenvalue weighted by molar-refractivity contribution is -0.122. The summed E-state index contributed by atoms with van der Waals surface area (Å²) in [6.07, 6.45) is 2.40. The lowest BCUT2D eigenvalue weighted by Crippen LogP contribution is -2.46. The van der Waals surface area contributed by atoms with Gasteiger partial charge in [0, 0.05) is 29.4 Å². The topological polar surface area (TPSA) is 71.1 Å². The zero-order valence-electron chi connectivity index (χ0n) is 17.7. The molecule has 2 aromatic carbocycles. The highest BCUT2D eigenvalue weighted by molar-refractivity contribution is 5.97. The van der Waals surface area contributed by atoms with E-state index in [2.05, 4.69) is 23.2 Å². The van der Waals surface area contributed by atoms with E-state index in [-0.39, 0.29) is 30.6 Å². The van der Waals surface area contributed by atoms with E-state index in [1.165, 1.54) is 5.56 Å². The largest absolute Gasteiger partial charge is 0.454 e. The summed E-state index contributed by atoms with van der Waals surface area (Å²) in [5.41, 5.74) is 2.99. The first-order valence-corrected chi connectivity index (χ1v) is 10.9. The Kier molecular flexibility index (Phi) is 5.28. The summed E-state index contributed by atoms with van der Waals surface area (Å²) >= 11 is 0. The predicted molar refractivity (Wildman–Crippen MR) is 117 cm³/mol. The van der Waals surface area contributed by atoms with E-state index >= 15 is 0 Å². The molecule has 3 aliphatic rings. The molecule has 2 amide bonds. The summed E-state index contributed by atoms with van der Waals surface area (Å²) in [4.78, 5) is 29.8.